The smallest absolute Gasteiger partial charge is 0.276 e. The molecule has 1 amide bonds. The molecule has 5 aromatic rings. The average molecular weight is 423 g/mol. The Morgan fingerprint density at radius 3 is 2.75 bits per heavy atom. The Labute approximate surface area is 183 Å². The van der Waals surface area contributed by atoms with Gasteiger partial charge in [-0.05, 0) is 23.6 Å². The third-order valence-corrected chi connectivity index (χ3v) is 6.22. The molecule has 0 saturated heterocycles. The molecule has 6 rings (SSSR count). The molecule has 2 N–H and O–H groups in total. The van der Waals surface area contributed by atoms with E-state index in [4.69, 9.17) is 4.98 Å². The van der Waals surface area contributed by atoms with Gasteiger partial charge in [0.1, 0.15) is 0 Å². The second-order valence-electron chi connectivity index (χ2n) is 8.17. The molecule has 0 fully saturated rings. The van der Waals surface area contributed by atoms with Crippen molar-refractivity contribution in [1.82, 2.24) is 24.5 Å². The molecule has 1 aliphatic heterocycles. The first kappa shape index (κ1) is 18.6. The minimum absolute atomic E-state index is 0.0430. The third kappa shape index (κ3) is 3.01. The molecule has 1 aliphatic rings. The molecule has 158 valence electrons. The van der Waals surface area contributed by atoms with E-state index >= 15 is 0 Å². The maximum atomic E-state index is 13.1. The second kappa shape index (κ2) is 7.23. The minimum atomic E-state index is -0.0871. The Morgan fingerprint density at radius 1 is 1.06 bits per heavy atom. The zero-order valence-electron chi connectivity index (χ0n) is 17.3. The average Bonchev–Trinajstić information content (AvgIpc) is 3.44. The zero-order chi connectivity index (χ0) is 21.7. The van der Waals surface area contributed by atoms with E-state index < -0.39 is 0 Å². The van der Waals surface area contributed by atoms with Crippen LogP contribution in [0.5, 0.6) is 0 Å². The van der Waals surface area contributed by atoms with E-state index in [0.29, 0.717) is 42.8 Å². The lowest BCUT2D eigenvalue weighted by Crippen LogP contribution is -2.40. The Kier molecular flexibility index (Phi) is 4.21. The molecule has 7 nitrogen and oxygen atoms in total. The molecule has 7 heteroatoms. The predicted molar refractivity (Wildman–Crippen MR) is 122 cm³/mol. The molecule has 4 heterocycles. The quantitative estimate of drug-likeness (QED) is 0.467. The summed E-state index contributed by atoms with van der Waals surface area (Å²) in [5.74, 6) is 0.0430. The van der Waals surface area contributed by atoms with Gasteiger partial charge in [0.2, 0.25) is 5.91 Å². The zero-order valence-corrected chi connectivity index (χ0v) is 17.3. The van der Waals surface area contributed by atoms with Crippen molar-refractivity contribution in [2.75, 3.05) is 6.54 Å². The van der Waals surface area contributed by atoms with Crippen molar-refractivity contribution in [3.8, 4) is 11.3 Å². The highest BCUT2D eigenvalue weighted by Gasteiger charge is 2.26. The minimum Gasteiger partial charge on any atom is -0.361 e. The van der Waals surface area contributed by atoms with E-state index in [2.05, 4.69) is 10.1 Å². The molecule has 0 radical (unpaired) electrons. The van der Waals surface area contributed by atoms with Gasteiger partial charge < -0.3 is 9.88 Å². The van der Waals surface area contributed by atoms with Gasteiger partial charge in [-0.2, -0.15) is 0 Å². The van der Waals surface area contributed by atoms with Crippen molar-refractivity contribution in [3.05, 3.63) is 94.0 Å². The van der Waals surface area contributed by atoms with Crippen molar-refractivity contribution >= 4 is 22.5 Å². The lowest BCUT2D eigenvalue weighted by atomic mass is 10.0. The molecular formula is C25H21N5O2. The van der Waals surface area contributed by atoms with Crippen molar-refractivity contribution < 1.29 is 4.79 Å². The van der Waals surface area contributed by atoms with Gasteiger partial charge in [0.25, 0.3) is 5.56 Å². The maximum absolute atomic E-state index is 13.1. The highest BCUT2D eigenvalue weighted by atomic mass is 16.2. The van der Waals surface area contributed by atoms with Crippen LogP contribution in [0.2, 0.25) is 0 Å². The molecule has 0 unspecified atom stereocenters. The van der Waals surface area contributed by atoms with Crippen molar-refractivity contribution in [1.29, 1.82) is 0 Å². The summed E-state index contributed by atoms with van der Waals surface area (Å²) >= 11 is 0. The van der Waals surface area contributed by atoms with Crippen molar-refractivity contribution in [2.45, 2.75) is 19.4 Å². The summed E-state index contributed by atoms with van der Waals surface area (Å²) in [5, 5.41) is 4.24. The predicted octanol–water partition coefficient (Wildman–Crippen LogP) is 3.30. The van der Waals surface area contributed by atoms with Crippen LogP contribution in [0.1, 0.15) is 16.8 Å². The van der Waals surface area contributed by atoms with Crippen LogP contribution in [0, 0.1) is 0 Å². The molecule has 0 atom stereocenters. The van der Waals surface area contributed by atoms with Crippen LogP contribution in [-0.2, 0) is 24.2 Å². The Hall–Kier alpha value is -4.13. The second-order valence-corrected chi connectivity index (χ2v) is 8.17. The fourth-order valence-corrected chi connectivity index (χ4v) is 4.52. The van der Waals surface area contributed by atoms with Crippen molar-refractivity contribution in [3.63, 3.8) is 0 Å². The molecule has 3 aromatic heterocycles. The number of aromatic nitrogens is 4. The number of hydrogen-bond donors (Lipinski definition) is 2. The van der Waals surface area contributed by atoms with E-state index in [1.54, 1.807) is 4.90 Å². The van der Waals surface area contributed by atoms with Gasteiger partial charge in [-0.15, -0.1) is 0 Å². The van der Waals surface area contributed by atoms with Crippen LogP contribution < -0.4 is 5.56 Å². The topological polar surface area (TPSA) is 86.3 Å². The Bertz CT molecular complexity index is 1530. The maximum Gasteiger partial charge on any atom is 0.276 e. The Balaban J connectivity index is 1.30. The fraction of sp³-hybridized carbons (Fsp3) is 0.160. The SMILES string of the molecule is O=C(Cc1c[nH]c2ccccc12)N1CCc2c(nc3cc(-c4ccccc4)[nH]n3c2=O)C1. The summed E-state index contributed by atoms with van der Waals surface area (Å²) < 4.78 is 1.50. The first-order chi connectivity index (χ1) is 15.7. The van der Waals surface area contributed by atoms with Gasteiger partial charge >= 0.3 is 0 Å². The van der Waals surface area contributed by atoms with Crippen LogP contribution in [-0.4, -0.2) is 36.9 Å². The number of carbonyl (C=O) groups excluding carboxylic acids is 1. The van der Waals surface area contributed by atoms with Gasteiger partial charge in [0.15, 0.2) is 5.65 Å². The van der Waals surface area contributed by atoms with E-state index in [0.717, 1.165) is 27.7 Å². The van der Waals surface area contributed by atoms with E-state index in [1.165, 1.54) is 4.52 Å². The summed E-state index contributed by atoms with van der Waals surface area (Å²) in [6.45, 7) is 0.873. The van der Waals surface area contributed by atoms with Crippen LogP contribution in [0.4, 0.5) is 0 Å². The summed E-state index contributed by atoms with van der Waals surface area (Å²) in [7, 11) is 0. The number of fused-ring (bicyclic) bond motifs is 3. The van der Waals surface area contributed by atoms with Gasteiger partial charge in [-0.3, -0.25) is 14.7 Å². The number of aromatic amines is 2. The summed E-state index contributed by atoms with van der Waals surface area (Å²) in [5.41, 5.74) is 5.69. The molecule has 32 heavy (non-hydrogen) atoms. The Morgan fingerprint density at radius 2 is 1.88 bits per heavy atom. The van der Waals surface area contributed by atoms with Crippen LogP contribution in [0.15, 0.2) is 71.7 Å². The summed E-state index contributed by atoms with van der Waals surface area (Å²) in [4.78, 5) is 35.9. The lowest BCUT2D eigenvalue weighted by Gasteiger charge is -2.27. The van der Waals surface area contributed by atoms with Gasteiger partial charge in [0.05, 0.1) is 24.4 Å². The number of amides is 1. The van der Waals surface area contributed by atoms with Gasteiger partial charge in [-0.25, -0.2) is 9.50 Å². The standard InChI is InChI=1S/C25H21N5O2/c31-24(12-17-14-26-20-9-5-4-8-18(17)20)29-11-10-19-22(15-29)27-23-13-21(28-30(23)25(19)32)16-6-2-1-3-7-16/h1-9,13-14,26,28H,10-12,15H2. The van der Waals surface area contributed by atoms with Gasteiger partial charge in [-0.1, -0.05) is 48.5 Å². The number of para-hydroxylation sites is 1. The third-order valence-electron chi connectivity index (χ3n) is 6.22. The number of benzene rings is 2. The summed E-state index contributed by atoms with van der Waals surface area (Å²) in [6.07, 6.45) is 2.73. The molecule has 0 saturated carbocycles. The first-order valence-electron chi connectivity index (χ1n) is 10.7. The normalized spacial score (nSPS) is 13.6. The molecule has 0 bridgehead atoms. The summed E-state index contributed by atoms with van der Waals surface area (Å²) in [6, 6.07) is 19.7. The monoisotopic (exact) mass is 423 g/mol. The first-order valence-corrected chi connectivity index (χ1v) is 10.7. The molecule has 2 aromatic carbocycles. The highest BCUT2D eigenvalue weighted by molar-refractivity contribution is 5.89. The van der Waals surface area contributed by atoms with E-state index in [9.17, 15) is 9.59 Å². The van der Waals surface area contributed by atoms with E-state index in [1.807, 2.05) is 66.9 Å². The number of hydrogen-bond acceptors (Lipinski definition) is 3. The number of carbonyl (C=O) groups is 1. The molecule has 0 spiro atoms. The number of nitrogens with zero attached hydrogens (tertiary/aromatic N) is 3. The molecule has 0 aliphatic carbocycles. The van der Waals surface area contributed by atoms with Crippen LogP contribution in [0.3, 0.4) is 0 Å². The van der Waals surface area contributed by atoms with Crippen molar-refractivity contribution in [2.24, 2.45) is 0 Å². The van der Waals surface area contributed by atoms with Crippen LogP contribution >= 0.6 is 0 Å². The lowest BCUT2D eigenvalue weighted by molar-refractivity contribution is -0.131. The van der Waals surface area contributed by atoms with Crippen LogP contribution in [0.25, 0.3) is 27.8 Å². The largest absolute Gasteiger partial charge is 0.361 e. The fourth-order valence-electron chi connectivity index (χ4n) is 4.52. The van der Waals surface area contributed by atoms with Gasteiger partial charge in [0, 0.05) is 35.3 Å². The number of H-pyrrole nitrogens is 2. The molecular weight excluding hydrogens is 402 g/mol. The number of nitrogens with one attached hydrogen (secondary N) is 2. The number of rotatable bonds is 3. The highest BCUT2D eigenvalue weighted by Crippen LogP contribution is 2.22. The van der Waals surface area contributed by atoms with E-state index in [-0.39, 0.29) is 11.5 Å².